The van der Waals surface area contributed by atoms with E-state index in [1.54, 1.807) is 14.2 Å². The van der Waals surface area contributed by atoms with Crippen molar-refractivity contribution in [2.24, 2.45) is 0 Å². The van der Waals surface area contributed by atoms with Crippen molar-refractivity contribution >= 4 is 5.91 Å². The van der Waals surface area contributed by atoms with E-state index in [1.807, 2.05) is 24.3 Å². The Labute approximate surface area is 114 Å². The maximum atomic E-state index is 11.4. The number of amides is 1. The van der Waals surface area contributed by atoms with Gasteiger partial charge in [0, 0.05) is 33.2 Å². The molecule has 1 aromatic rings. The quantitative estimate of drug-likeness (QED) is 0.653. The molecule has 0 saturated heterocycles. The van der Waals surface area contributed by atoms with Crippen molar-refractivity contribution in [3.8, 4) is 5.75 Å². The lowest BCUT2D eigenvalue weighted by molar-refractivity contribution is -0.121. The van der Waals surface area contributed by atoms with Crippen molar-refractivity contribution in [1.29, 1.82) is 0 Å². The Morgan fingerprint density at radius 2 is 2.11 bits per heavy atom. The molecule has 0 bridgehead atoms. The Morgan fingerprint density at radius 1 is 1.26 bits per heavy atom. The second-order valence-electron chi connectivity index (χ2n) is 4.12. The molecule has 106 valence electrons. The fourth-order valence-corrected chi connectivity index (χ4v) is 1.60. The Morgan fingerprint density at radius 3 is 2.84 bits per heavy atom. The first kappa shape index (κ1) is 15.5. The van der Waals surface area contributed by atoms with Gasteiger partial charge in [-0.2, -0.15) is 0 Å². The predicted molar refractivity (Wildman–Crippen MR) is 74.2 cm³/mol. The van der Waals surface area contributed by atoms with Crippen LogP contribution < -0.4 is 15.4 Å². The predicted octanol–water partition coefficient (Wildman–Crippen LogP) is 0.938. The molecule has 0 aliphatic heterocycles. The van der Waals surface area contributed by atoms with E-state index in [4.69, 9.17) is 9.47 Å². The Balaban J connectivity index is 2.14. The normalized spacial score (nSPS) is 10.2. The number of nitrogens with one attached hydrogen (secondary N) is 2. The van der Waals surface area contributed by atoms with E-state index in [2.05, 4.69) is 10.6 Å². The van der Waals surface area contributed by atoms with Gasteiger partial charge >= 0.3 is 0 Å². The van der Waals surface area contributed by atoms with E-state index in [9.17, 15) is 4.79 Å². The first-order valence-electron chi connectivity index (χ1n) is 6.35. The van der Waals surface area contributed by atoms with Gasteiger partial charge in [-0.25, -0.2) is 0 Å². The molecule has 0 unspecified atom stereocenters. The number of carbonyl (C=O) groups excluding carboxylic acids is 1. The second kappa shape index (κ2) is 9.35. The summed E-state index contributed by atoms with van der Waals surface area (Å²) < 4.78 is 10.0. The Bertz CT molecular complexity index is 383. The summed E-state index contributed by atoms with van der Waals surface area (Å²) >= 11 is 0. The molecule has 0 radical (unpaired) electrons. The highest BCUT2D eigenvalue weighted by molar-refractivity contribution is 5.76. The van der Waals surface area contributed by atoms with Crippen LogP contribution in [-0.4, -0.2) is 39.8 Å². The summed E-state index contributed by atoms with van der Waals surface area (Å²) in [6, 6.07) is 7.86. The molecule has 0 heterocycles. The molecule has 5 nitrogen and oxygen atoms in total. The summed E-state index contributed by atoms with van der Waals surface area (Å²) in [5.74, 6) is 0.881. The minimum atomic E-state index is 0.0372. The lowest BCUT2D eigenvalue weighted by atomic mass is 10.2. The van der Waals surface area contributed by atoms with Gasteiger partial charge in [0.25, 0.3) is 0 Å². The third-order valence-electron chi connectivity index (χ3n) is 2.62. The van der Waals surface area contributed by atoms with Crippen LogP contribution in [0.15, 0.2) is 24.3 Å². The second-order valence-corrected chi connectivity index (χ2v) is 4.12. The minimum absolute atomic E-state index is 0.0372. The summed E-state index contributed by atoms with van der Waals surface area (Å²) in [7, 11) is 3.26. The first-order chi connectivity index (χ1) is 9.26. The first-order valence-corrected chi connectivity index (χ1v) is 6.35. The zero-order chi connectivity index (χ0) is 13.9. The van der Waals surface area contributed by atoms with Crippen molar-refractivity contribution in [2.45, 2.75) is 13.0 Å². The number of hydrogen-bond donors (Lipinski definition) is 2. The van der Waals surface area contributed by atoms with Crippen LogP contribution in [0.1, 0.15) is 12.0 Å². The van der Waals surface area contributed by atoms with Gasteiger partial charge < -0.3 is 20.1 Å². The number of hydrogen-bond acceptors (Lipinski definition) is 4. The van der Waals surface area contributed by atoms with Crippen LogP contribution >= 0.6 is 0 Å². The van der Waals surface area contributed by atoms with Crippen molar-refractivity contribution in [2.75, 3.05) is 33.9 Å². The van der Waals surface area contributed by atoms with Gasteiger partial charge in [0.05, 0.1) is 13.7 Å². The number of benzene rings is 1. The van der Waals surface area contributed by atoms with Crippen LogP contribution in [0.3, 0.4) is 0 Å². The number of methoxy groups -OCH3 is 2. The summed E-state index contributed by atoms with van der Waals surface area (Å²) in [6.45, 7) is 2.48. The molecular formula is C14H22N2O3. The van der Waals surface area contributed by atoms with E-state index < -0.39 is 0 Å². The van der Waals surface area contributed by atoms with Crippen LogP contribution in [0.4, 0.5) is 0 Å². The van der Waals surface area contributed by atoms with E-state index in [-0.39, 0.29) is 5.91 Å². The monoisotopic (exact) mass is 266 g/mol. The van der Waals surface area contributed by atoms with Crippen LogP contribution in [0.2, 0.25) is 0 Å². The lowest BCUT2D eigenvalue weighted by Crippen LogP contribution is -2.29. The number of carbonyl (C=O) groups is 1. The van der Waals surface area contributed by atoms with Gasteiger partial charge in [-0.1, -0.05) is 12.1 Å². The van der Waals surface area contributed by atoms with Gasteiger partial charge in [0.2, 0.25) is 5.91 Å². The molecule has 0 saturated carbocycles. The summed E-state index contributed by atoms with van der Waals surface area (Å²) in [6.07, 6.45) is 0.466. The Kier molecular flexibility index (Phi) is 7.62. The van der Waals surface area contributed by atoms with Gasteiger partial charge in [-0.05, 0) is 17.7 Å². The number of ether oxygens (including phenoxy) is 2. The van der Waals surface area contributed by atoms with Gasteiger partial charge in [0.1, 0.15) is 5.75 Å². The minimum Gasteiger partial charge on any atom is -0.497 e. The Hall–Kier alpha value is -1.59. The largest absolute Gasteiger partial charge is 0.497 e. The molecule has 0 atom stereocenters. The van der Waals surface area contributed by atoms with Crippen LogP contribution in [0.25, 0.3) is 0 Å². The molecule has 0 aliphatic carbocycles. The molecule has 19 heavy (non-hydrogen) atoms. The molecular weight excluding hydrogens is 244 g/mol. The van der Waals surface area contributed by atoms with E-state index in [0.29, 0.717) is 26.1 Å². The summed E-state index contributed by atoms with van der Waals surface area (Å²) in [5.41, 5.74) is 1.14. The highest BCUT2D eigenvalue weighted by Gasteiger charge is 2.00. The van der Waals surface area contributed by atoms with Gasteiger partial charge in [-0.15, -0.1) is 0 Å². The highest BCUT2D eigenvalue weighted by Crippen LogP contribution is 2.11. The molecule has 1 aromatic carbocycles. The van der Waals surface area contributed by atoms with E-state index in [1.165, 1.54) is 0 Å². The molecule has 5 heteroatoms. The van der Waals surface area contributed by atoms with Crippen LogP contribution in [0, 0.1) is 0 Å². The molecule has 2 N–H and O–H groups in total. The zero-order valence-corrected chi connectivity index (χ0v) is 11.6. The number of rotatable bonds is 9. The maximum absolute atomic E-state index is 11.4. The fourth-order valence-electron chi connectivity index (χ4n) is 1.60. The SMILES string of the molecule is COCCNC(=O)CCNCc1cccc(OC)c1. The molecule has 1 amide bonds. The zero-order valence-electron chi connectivity index (χ0n) is 11.6. The summed E-state index contributed by atoms with van der Waals surface area (Å²) in [5, 5.41) is 6.00. The molecule has 0 aromatic heterocycles. The molecule has 1 rings (SSSR count). The van der Waals surface area contributed by atoms with Gasteiger partial charge in [0.15, 0.2) is 0 Å². The van der Waals surface area contributed by atoms with E-state index in [0.717, 1.165) is 17.9 Å². The standard InChI is InChI=1S/C14H22N2O3/c1-18-9-8-16-14(17)6-7-15-11-12-4-3-5-13(10-12)19-2/h3-5,10,15H,6-9,11H2,1-2H3,(H,16,17). The lowest BCUT2D eigenvalue weighted by Gasteiger charge is -2.07. The third-order valence-corrected chi connectivity index (χ3v) is 2.62. The van der Waals surface area contributed by atoms with Gasteiger partial charge in [-0.3, -0.25) is 4.79 Å². The average molecular weight is 266 g/mol. The third kappa shape index (κ3) is 6.79. The summed E-state index contributed by atoms with van der Waals surface area (Å²) in [4.78, 5) is 11.4. The molecule has 0 fully saturated rings. The molecule has 0 aliphatic rings. The maximum Gasteiger partial charge on any atom is 0.221 e. The van der Waals surface area contributed by atoms with Crippen LogP contribution in [-0.2, 0) is 16.1 Å². The van der Waals surface area contributed by atoms with E-state index >= 15 is 0 Å². The van der Waals surface area contributed by atoms with Crippen molar-refractivity contribution in [3.05, 3.63) is 29.8 Å². The van der Waals surface area contributed by atoms with Crippen LogP contribution in [0.5, 0.6) is 5.75 Å². The highest BCUT2D eigenvalue weighted by atomic mass is 16.5. The fraction of sp³-hybridized carbons (Fsp3) is 0.500. The van der Waals surface area contributed by atoms with Crippen molar-refractivity contribution < 1.29 is 14.3 Å². The van der Waals surface area contributed by atoms with Crippen molar-refractivity contribution in [1.82, 2.24) is 10.6 Å². The topological polar surface area (TPSA) is 59.6 Å². The average Bonchev–Trinajstić information content (AvgIpc) is 2.44. The molecule has 0 spiro atoms. The smallest absolute Gasteiger partial charge is 0.221 e. The van der Waals surface area contributed by atoms with Crippen molar-refractivity contribution in [3.63, 3.8) is 0 Å².